The van der Waals surface area contributed by atoms with Crippen LogP contribution in [0.5, 0.6) is 0 Å². The fourth-order valence-electron chi connectivity index (χ4n) is 4.55. The number of nitro groups is 1. The van der Waals surface area contributed by atoms with Gasteiger partial charge in [-0.05, 0) is 24.1 Å². The number of fused-ring (bicyclic) bond motifs is 1. The molecule has 1 aromatic heterocycles. The lowest BCUT2D eigenvalue weighted by molar-refractivity contribution is -0.384. The van der Waals surface area contributed by atoms with Crippen molar-refractivity contribution < 1.29 is 34.4 Å². The van der Waals surface area contributed by atoms with E-state index in [1.807, 2.05) is 0 Å². The Morgan fingerprint density at radius 1 is 1.32 bits per heavy atom. The topological polar surface area (TPSA) is 222 Å². The number of nitrogens with zero attached hydrogens (tertiary/aromatic N) is 5. The minimum Gasteiger partial charge on any atom is -0.477 e. The van der Waals surface area contributed by atoms with Crippen molar-refractivity contribution in [3.8, 4) is 0 Å². The molecule has 40 heavy (non-hydrogen) atoms. The van der Waals surface area contributed by atoms with Gasteiger partial charge in [-0.25, -0.2) is 9.78 Å². The number of carbonyl (C=O) groups excluding carboxylic acids is 3. The normalized spacial score (nSPS) is 21.9. The zero-order chi connectivity index (χ0) is 28.7. The average Bonchev–Trinajstić information content (AvgIpc) is 3.52. The lowest BCUT2D eigenvalue weighted by Gasteiger charge is -2.49. The highest BCUT2D eigenvalue weighted by atomic mass is 32.2. The summed E-state index contributed by atoms with van der Waals surface area (Å²) in [4.78, 5) is 67.8. The summed E-state index contributed by atoms with van der Waals surface area (Å²) in [5, 5.41) is 36.6. The maximum atomic E-state index is 13.1. The molecule has 206 valence electrons. The Morgan fingerprint density at radius 2 is 2.10 bits per heavy atom. The Balaban J connectivity index is 1.35. The van der Waals surface area contributed by atoms with E-state index in [2.05, 4.69) is 15.5 Å². The first-order valence-electron chi connectivity index (χ1n) is 11.5. The molecule has 0 radical (unpaired) electrons. The number of hydrogen-bond donors (Lipinski definition) is 4. The van der Waals surface area contributed by atoms with E-state index < -0.39 is 45.7 Å². The average molecular weight is 586 g/mol. The summed E-state index contributed by atoms with van der Waals surface area (Å²) < 4.78 is 0. The number of amides is 3. The highest BCUT2D eigenvalue weighted by Crippen LogP contribution is 2.41. The molecule has 0 spiro atoms. The van der Waals surface area contributed by atoms with Gasteiger partial charge in [0.25, 0.3) is 23.4 Å². The van der Waals surface area contributed by atoms with Crippen LogP contribution in [0.3, 0.4) is 0 Å². The molecule has 2 fully saturated rings. The smallest absolute Gasteiger partial charge is 0.352 e. The quantitative estimate of drug-likeness (QED) is 0.0893. The van der Waals surface area contributed by atoms with Crippen molar-refractivity contribution in [2.24, 2.45) is 5.16 Å². The molecule has 0 unspecified atom stereocenters. The third kappa shape index (κ3) is 4.64. The molecule has 2 aromatic rings. The van der Waals surface area contributed by atoms with Crippen LogP contribution in [0.15, 0.2) is 57.7 Å². The maximum absolute atomic E-state index is 13.1. The van der Waals surface area contributed by atoms with Gasteiger partial charge in [-0.15, -0.1) is 23.1 Å². The van der Waals surface area contributed by atoms with Crippen LogP contribution >= 0.6 is 23.1 Å². The molecule has 3 aliphatic heterocycles. The van der Waals surface area contributed by atoms with Crippen LogP contribution in [0.1, 0.15) is 12.1 Å². The van der Waals surface area contributed by atoms with Crippen molar-refractivity contribution in [3.05, 3.63) is 68.4 Å². The molecule has 3 amide bonds. The standard InChI is InChI=1S/C23H19N7O8S2/c24-23-25-14(9-40-23)15(27-36)18(31)26-16-20(33)29-17(22(34)35)11(8-39-21(16)29)6-10-4-5-28(19(10)32)12-2-1-3-13(7-12)30(37)38/h1-3,6-7,9,16,21,36H,4-5,8H2,(H2,24,25)(H,26,31)(H,34,35)/b10-6+,27-15-/t16-,21-/m1/s1. The molecule has 5 rings (SSSR count). The highest BCUT2D eigenvalue weighted by Gasteiger charge is 2.54. The molecular weight excluding hydrogens is 566 g/mol. The number of rotatable bonds is 7. The first-order chi connectivity index (χ1) is 19.1. The van der Waals surface area contributed by atoms with Crippen LogP contribution < -0.4 is 16.0 Å². The second-order valence-electron chi connectivity index (χ2n) is 8.71. The number of aliphatic carboxylic acids is 1. The summed E-state index contributed by atoms with van der Waals surface area (Å²) in [6.07, 6.45) is 1.71. The van der Waals surface area contributed by atoms with E-state index in [9.17, 15) is 39.6 Å². The van der Waals surface area contributed by atoms with Crippen molar-refractivity contribution in [2.45, 2.75) is 17.8 Å². The van der Waals surface area contributed by atoms with Crippen LogP contribution in [-0.2, 0) is 19.2 Å². The molecule has 0 bridgehead atoms. The van der Waals surface area contributed by atoms with Gasteiger partial charge in [-0.1, -0.05) is 11.2 Å². The van der Waals surface area contributed by atoms with E-state index >= 15 is 0 Å². The van der Waals surface area contributed by atoms with Crippen molar-refractivity contribution in [2.75, 3.05) is 22.9 Å². The number of non-ortho nitro benzene ring substituents is 1. The summed E-state index contributed by atoms with van der Waals surface area (Å²) in [5.74, 6) is -3.27. The zero-order valence-electron chi connectivity index (χ0n) is 20.2. The van der Waals surface area contributed by atoms with Gasteiger partial charge in [0.1, 0.15) is 22.8 Å². The van der Waals surface area contributed by atoms with Crippen molar-refractivity contribution >= 4 is 69.0 Å². The second kappa shape index (κ2) is 10.4. The van der Waals surface area contributed by atoms with Gasteiger partial charge >= 0.3 is 5.97 Å². The van der Waals surface area contributed by atoms with Crippen molar-refractivity contribution in [1.82, 2.24) is 15.2 Å². The first-order valence-corrected chi connectivity index (χ1v) is 13.5. The predicted octanol–water partition coefficient (Wildman–Crippen LogP) is 0.914. The number of benzene rings is 1. The number of β-lactam (4-membered cyclic amide) rings is 1. The maximum Gasteiger partial charge on any atom is 0.352 e. The minimum absolute atomic E-state index is 0.0165. The fourth-order valence-corrected chi connectivity index (χ4v) is 6.41. The Hall–Kier alpha value is -4.77. The Bertz CT molecular complexity index is 1570. The van der Waals surface area contributed by atoms with E-state index in [-0.39, 0.29) is 46.5 Å². The minimum atomic E-state index is -1.38. The number of carbonyl (C=O) groups is 4. The lowest BCUT2D eigenvalue weighted by Crippen LogP contribution is -2.71. The number of allylic oxidation sites excluding steroid dienone is 1. The predicted molar refractivity (Wildman–Crippen MR) is 143 cm³/mol. The van der Waals surface area contributed by atoms with Crippen molar-refractivity contribution in [3.63, 3.8) is 0 Å². The number of anilines is 2. The van der Waals surface area contributed by atoms with E-state index in [1.165, 1.54) is 46.3 Å². The summed E-state index contributed by atoms with van der Waals surface area (Å²) in [7, 11) is 0. The third-order valence-corrected chi connectivity index (χ3v) is 8.37. The molecular formula is C23H19N7O8S2. The molecule has 17 heteroatoms. The van der Waals surface area contributed by atoms with Gasteiger partial charge in [-0.3, -0.25) is 29.4 Å². The van der Waals surface area contributed by atoms with Gasteiger partial charge in [0, 0.05) is 35.4 Å². The largest absolute Gasteiger partial charge is 0.477 e. The fraction of sp³-hybridized carbons (Fsp3) is 0.217. The molecule has 15 nitrogen and oxygen atoms in total. The van der Waals surface area contributed by atoms with Crippen LogP contribution in [0.2, 0.25) is 0 Å². The van der Waals surface area contributed by atoms with Crippen molar-refractivity contribution in [1.29, 1.82) is 0 Å². The molecule has 2 saturated heterocycles. The van der Waals surface area contributed by atoms with Crippen LogP contribution in [0.25, 0.3) is 0 Å². The highest BCUT2D eigenvalue weighted by molar-refractivity contribution is 8.00. The number of nitro benzene ring substituents is 1. The lowest BCUT2D eigenvalue weighted by atomic mass is 10.0. The number of thioether (sulfide) groups is 1. The number of carboxylic acids is 1. The number of hydrogen-bond acceptors (Lipinski definition) is 12. The Labute approximate surface area is 232 Å². The molecule has 3 aliphatic rings. The number of oxime groups is 1. The summed E-state index contributed by atoms with van der Waals surface area (Å²) in [6, 6.07) is 4.55. The van der Waals surface area contributed by atoms with Crippen LogP contribution in [0, 0.1) is 10.1 Å². The number of aromatic nitrogens is 1. The third-order valence-electron chi connectivity index (χ3n) is 6.39. The number of nitrogens with two attached hydrogens (primary N) is 1. The molecule has 2 atom stereocenters. The van der Waals surface area contributed by atoms with Crippen LogP contribution in [-0.4, -0.2) is 78.2 Å². The SMILES string of the molecule is Nc1nc(/C(=N/O)C(=O)N[C@@H]2C(=O)N3C(C(=O)O)=C(/C=C4\CCN(c5cccc([N+](=O)[O-])c5)C4=O)CS[C@H]23)cs1. The first kappa shape index (κ1) is 26.8. The second-order valence-corrected chi connectivity index (χ2v) is 10.7. The van der Waals surface area contributed by atoms with E-state index in [0.29, 0.717) is 11.3 Å². The molecule has 0 aliphatic carbocycles. The van der Waals surface area contributed by atoms with Crippen LogP contribution in [0.4, 0.5) is 16.5 Å². The number of carboxylic acid groups (broad SMARTS) is 1. The summed E-state index contributed by atoms with van der Waals surface area (Å²) in [5.41, 5.74) is 5.53. The van der Waals surface area contributed by atoms with E-state index in [0.717, 1.165) is 16.2 Å². The van der Waals surface area contributed by atoms with E-state index in [4.69, 9.17) is 5.73 Å². The molecule has 4 heterocycles. The van der Waals surface area contributed by atoms with E-state index in [1.54, 1.807) is 6.07 Å². The zero-order valence-corrected chi connectivity index (χ0v) is 21.8. The number of thiazole rings is 1. The summed E-state index contributed by atoms with van der Waals surface area (Å²) >= 11 is 2.22. The van der Waals surface area contributed by atoms with Gasteiger partial charge in [0.05, 0.1) is 10.6 Å². The number of nitrogens with one attached hydrogen (secondary N) is 1. The van der Waals surface area contributed by atoms with Gasteiger partial charge in [0.15, 0.2) is 10.8 Å². The molecule has 1 aromatic carbocycles. The molecule has 0 saturated carbocycles. The number of nitrogen functional groups attached to an aromatic ring is 1. The van der Waals surface area contributed by atoms with Gasteiger partial charge < -0.3 is 26.3 Å². The van der Waals surface area contributed by atoms with Gasteiger partial charge in [-0.2, -0.15) is 0 Å². The van der Waals surface area contributed by atoms with Gasteiger partial charge in [0.2, 0.25) is 0 Å². The Morgan fingerprint density at radius 3 is 2.75 bits per heavy atom. The monoisotopic (exact) mass is 585 g/mol. The summed E-state index contributed by atoms with van der Waals surface area (Å²) in [6.45, 7) is 0.243. The Kier molecular flexibility index (Phi) is 6.99. The molecule has 5 N–H and O–H groups in total.